The van der Waals surface area contributed by atoms with E-state index >= 15 is 0 Å². The van der Waals surface area contributed by atoms with Gasteiger partial charge in [0.15, 0.2) is 0 Å². The zero-order valence-electron chi connectivity index (χ0n) is 4.42. The Morgan fingerprint density at radius 1 is 1.78 bits per heavy atom. The maximum atomic E-state index is 10.0. The third kappa shape index (κ3) is 2.88. The SMILES string of the molecule is N=C=C(/C=C\[Se])C(=O)O. The standard InChI is InChI=1S/C5H4NO2Se/c6-3-4(1-2-9)5(7)8/h1-2,6H,(H,7,8)/b2-1-. The number of aliphatic carboxylic acids is 1. The molecule has 47 valence electrons. The predicted octanol–water partition coefficient (Wildman–Crippen LogP) is -0.0719. The molecule has 0 aliphatic heterocycles. The monoisotopic (exact) mass is 190 g/mol. The predicted molar refractivity (Wildman–Crippen MR) is 33.8 cm³/mol. The molecule has 0 saturated heterocycles. The van der Waals surface area contributed by atoms with Gasteiger partial charge in [0.2, 0.25) is 0 Å². The summed E-state index contributed by atoms with van der Waals surface area (Å²) in [6, 6.07) is 0. The summed E-state index contributed by atoms with van der Waals surface area (Å²) in [5.41, 5.74) is -0.159. The van der Waals surface area contributed by atoms with Gasteiger partial charge in [-0.3, -0.25) is 0 Å². The van der Waals surface area contributed by atoms with Crippen LogP contribution < -0.4 is 0 Å². The van der Waals surface area contributed by atoms with E-state index in [-0.39, 0.29) is 5.57 Å². The van der Waals surface area contributed by atoms with Crippen LogP contribution in [0.15, 0.2) is 16.6 Å². The number of carboxylic acid groups (broad SMARTS) is 1. The van der Waals surface area contributed by atoms with Crippen molar-refractivity contribution in [2.24, 2.45) is 0 Å². The van der Waals surface area contributed by atoms with Crippen molar-refractivity contribution < 1.29 is 9.90 Å². The maximum absolute atomic E-state index is 10.0. The fourth-order valence-electron chi connectivity index (χ4n) is 0.234. The van der Waals surface area contributed by atoms with Crippen LogP contribution in [0.5, 0.6) is 0 Å². The van der Waals surface area contributed by atoms with Crippen molar-refractivity contribution in [2.75, 3.05) is 0 Å². The number of carbonyl (C=O) groups is 1. The van der Waals surface area contributed by atoms with Crippen molar-refractivity contribution in [3.8, 4) is 0 Å². The zero-order valence-corrected chi connectivity index (χ0v) is 6.13. The molecule has 3 nitrogen and oxygen atoms in total. The van der Waals surface area contributed by atoms with Crippen molar-refractivity contribution >= 4 is 27.9 Å². The minimum atomic E-state index is -1.14. The van der Waals surface area contributed by atoms with Gasteiger partial charge in [0.25, 0.3) is 0 Å². The summed E-state index contributed by atoms with van der Waals surface area (Å²) in [6.07, 6.45) is 1.26. The van der Waals surface area contributed by atoms with E-state index in [1.54, 1.807) is 5.87 Å². The van der Waals surface area contributed by atoms with Crippen LogP contribution in [-0.2, 0) is 4.79 Å². The molecule has 2 N–H and O–H groups in total. The van der Waals surface area contributed by atoms with E-state index in [1.165, 1.54) is 11.1 Å². The first-order chi connectivity index (χ1) is 4.22. The molecule has 0 aliphatic rings. The Bertz CT molecular complexity index is 191. The van der Waals surface area contributed by atoms with Crippen LogP contribution in [0.4, 0.5) is 0 Å². The second-order valence-corrected chi connectivity index (χ2v) is 1.72. The Balaban J connectivity index is 4.38. The van der Waals surface area contributed by atoms with Crippen LogP contribution in [0.1, 0.15) is 0 Å². The Morgan fingerprint density at radius 2 is 2.33 bits per heavy atom. The quantitative estimate of drug-likeness (QED) is 0.276. The molecule has 9 heavy (non-hydrogen) atoms. The van der Waals surface area contributed by atoms with Gasteiger partial charge in [-0.15, -0.1) is 0 Å². The van der Waals surface area contributed by atoms with Crippen LogP contribution >= 0.6 is 0 Å². The molecule has 0 unspecified atom stereocenters. The van der Waals surface area contributed by atoms with Crippen molar-refractivity contribution in [3.05, 3.63) is 16.6 Å². The number of carboxylic acids is 1. The van der Waals surface area contributed by atoms with Crippen LogP contribution in [0, 0.1) is 5.41 Å². The van der Waals surface area contributed by atoms with Crippen molar-refractivity contribution in [2.45, 2.75) is 0 Å². The minimum absolute atomic E-state index is 0.159. The second kappa shape index (κ2) is 4.10. The molecule has 0 bridgehead atoms. The molecule has 0 rings (SSSR count). The zero-order chi connectivity index (χ0) is 7.28. The molecule has 0 atom stereocenters. The van der Waals surface area contributed by atoms with Gasteiger partial charge in [0, 0.05) is 0 Å². The Labute approximate surface area is 60.4 Å². The Morgan fingerprint density at radius 3 is 2.44 bits per heavy atom. The molecule has 1 radical (unpaired) electrons. The summed E-state index contributed by atoms with van der Waals surface area (Å²) in [6.45, 7) is 0. The van der Waals surface area contributed by atoms with Gasteiger partial charge in [-0.1, -0.05) is 0 Å². The van der Waals surface area contributed by atoms with Crippen molar-refractivity contribution in [1.82, 2.24) is 0 Å². The van der Waals surface area contributed by atoms with E-state index in [0.29, 0.717) is 0 Å². The van der Waals surface area contributed by atoms with Crippen LogP contribution in [0.2, 0.25) is 0 Å². The van der Waals surface area contributed by atoms with Crippen LogP contribution in [0.25, 0.3) is 0 Å². The molecular weight excluding hydrogens is 185 g/mol. The van der Waals surface area contributed by atoms with Gasteiger partial charge in [0.05, 0.1) is 0 Å². The first-order valence-electron chi connectivity index (χ1n) is 2.04. The molecule has 0 saturated carbocycles. The number of nitrogens with one attached hydrogen (secondary N) is 1. The average Bonchev–Trinajstić information content (AvgIpc) is 1.82. The first kappa shape index (κ1) is 8.18. The Hall–Kier alpha value is -0.821. The first-order valence-corrected chi connectivity index (χ1v) is 3.02. The van der Waals surface area contributed by atoms with E-state index in [0.717, 1.165) is 0 Å². The third-order valence-corrected chi connectivity index (χ3v) is 0.885. The summed E-state index contributed by atoms with van der Waals surface area (Å²) in [4.78, 5) is 11.5. The summed E-state index contributed by atoms with van der Waals surface area (Å²) in [5, 5.41) is 14.7. The fraction of sp³-hybridized carbons (Fsp3) is 0. The van der Waals surface area contributed by atoms with Crippen LogP contribution in [-0.4, -0.2) is 33.0 Å². The molecule has 0 heterocycles. The molecule has 0 aliphatic carbocycles. The number of hydrogen-bond donors (Lipinski definition) is 2. The topological polar surface area (TPSA) is 61.2 Å². The second-order valence-electron chi connectivity index (χ2n) is 1.15. The van der Waals surface area contributed by atoms with Crippen molar-refractivity contribution in [3.63, 3.8) is 0 Å². The van der Waals surface area contributed by atoms with E-state index in [4.69, 9.17) is 10.5 Å². The van der Waals surface area contributed by atoms with Crippen molar-refractivity contribution in [1.29, 1.82) is 5.41 Å². The average molecular weight is 189 g/mol. The molecule has 0 spiro atoms. The van der Waals surface area contributed by atoms with Gasteiger partial charge >= 0.3 is 59.8 Å². The molecule has 4 heteroatoms. The van der Waals surface area contributed by atoms with Gasteiger partial charge < -0.3 is 0 Å². The molecule has 0 aromatic heterocycles. The van der Waals surface area contributed by atoms with Gasteiger partial charge in [-0.2, -0.15) is 0 Å². The van der Waals surface area contributed by atoms with Gasteiger partial charge in [-0.05, 0) is 0 Å². The normalized spacial score (nSPS) is 8.89. The summed E-state index contributed by atoms with van der Waals surface area (Å²) in [5.74, 6) is 0.621. The fourth-order valence-corrected chi connectivity index (χ4v) is 0.520. The van der Waals surface area contributed by atoms with E-state index in [9.17, 15) is 4.79 Å². The van der Waals surface area contributed by atoms with Gasteiger partial charge in [0.1, 0.15) is 0 Å². The van der Waals surface area contributed by atoms with Crippen LogP contribution in [0.3, 0.4) is 0 Å². The van der Waals surface area contributed by atoms with Gasteiger partial charge in [-0.25, -0.2) is 0 Å². The molecule has 0 aromatic rings. The van der Waals surface area contributed by atoms with E-state index < -0.39 is 5.97 Å². The molecule has 0 amide bonds. The summed E-state index contributed by atoms with van der Waals surface area (Å²) in [7, 11) is 0. The summed E-state index contributed by atoms with van der Waals surface area (Å²) < 4.78 is 0. The number of rotatable bonds is 2. The molecule has 0 aromatic carbocycles. The van der Waals surface area contributed by atoms with E-state index in [2.05, 4.69) is 16.0 Å². The summed E-state index contributed by atoms with van der Waals surface area (Å²) >= 11 is 2.47. The Kier molecular flexibility index (Phi) is 3.72. The molecule has 0 fully saturated rings. The third-order valence-electron chi connectivity index (χ3n) is 0.600. The molecular formula is C5H4NO2Se. The van der Waals surface area contributed by atoms with E-state index in [1.807, 2.05) is 0 Å². The number of hydrogen-bond acceptors (Lipinski definition) is 2.